The number of nitrogens with zero attached hydrogens (tertiary/aromatic N) is 1. The van der Waals surface area contributed by atoms with Gasteiger partial charge < -0.3 is 20.1 Å². The van der Waals surface area contributed by atoms with Crippen molar-refractivity contribution in [3.05, 3.63) is 23.8 Å². The highest BCUT2D eigenvalue weighted by atomic mass is 32.2. The summed E-state index contributed by atoms with van der Waals surface area (Å²) < 4.78 is 11.3. The molecule has 2 N–H and O–H groups in total. The lowest BCUT2D eigenvalue weighted by Crippen LogP contribution is -2.39. The summed E-state index contributed by atoms with van der Waals surface area (Å²) in [6.45, 7) is 10.3. The Morgan fingerprint density at radius 1 is 1.15 bits per heavy atom. The predicted molar refractivity (Wildman–Crippen MR) is 112 cm³/mol. The molecular formula is C20H33N3O2S. The van der Waals surface area contributed by atoms with Crippen LogP contribution in [-0.4, -0.2) is 50.8 Å². The molecule has 0 atom stereocenters. The first kappa shape index (κ1) is 20.7. The van der Waals surface area contributed by atoms with Crippen molar-refractivity contribution in [3.63, 3.8) is 0 Å². The quantitative estimate of drug-likeness (QED) is 0.391. The Bertz CT molecular complexity index is 590. The molecule has 0 saturated heterocycles. The van der Waals surface area contributed by atoms with Gasteiger partial charge >= 0.3 is 0 Å². The fourth-order valence-electron chi connectivity index (χ4n) is 2.75. The first-order valence-electron chi connectivity index (χ1n) is 9.48. The zero-order valence-electron chi connectivity index (χ0n) is 16.6. The number of ether oxygens (including phenoxy) is 2. The average Bonchev–Trinajstić information content (AvgIpc) is 2.65. The number of hydrogen-bond donors (Lipinski definition) is 2. The smallest absolute Gasteiger partial charge is 0.191 e. The van der Waals surface area contributed by atoms with Gasteiger partial charge in [0.05, 0.1) is 6.54 Å². The van der Waals surface area contributed by atoms with Crippen LogP contribution >= 0.6 is 11.8 Å². The lowest BCUT2D eigenvalue weighted by Gasteiger charge is -2.26. The van der Waals surface area contributed by atoms with Crippen molar-refractivity contribution in [2.45, 2.75) is 39.0 Å². The van der Waals surface area contributed by atoms with Gasteiger partial charge in [0.2, 0.25) is 0 Å². The van der Waals surface area contributed by atoms with Gasteiger partial charge in [-0.05, 0) is 49.5 Å². The van der Waals surface area contributed by atoms with Crippen LogP contribution in [0.1, 0.15) is 39.2 Å². The third-order valence-corrected chi connectivity index (χ3v) is 5.06. The van der Waals surface area contributed by atoms with Crippen molar-refractivity contribution in [3.8, 4) is 11.5 Å². The maximum Gasteiger partial charge on any atom is 0.191 e. The van der Waals surface area contributed by atoms with Crippen molar-refractivity contribution in [1.82, 2.24) is 10.6 Å². The molecule has 26 heavy (non-hydrogen) atoms. The Morgan fingerprint density at radius 3 is 2.65 bits per heavy atom. The molecule has 0 amide bonds. The number of nitrogens with one attached hydrogen (secondary N) is 2. The van der Waals surface area contributed by atoms with Crippen LogP contribution in [-0.2, 0) is 5.41 Å². The summed E-state index contributed by atoms with van der Waals surface area (Å²) in [5, 5.41) is 6.77. The molecule has 0 unspecified atom stereocenters. The van der Waals surface area contributed by atoms with E-state index in [0.717, 1.165) is 37.0 Å². The number of guanidine groups is 1. The van der Waals surface area contributed by atoms with E-state index in [0.29, 0.717) is 19.8 Å². The van der Waals surface area contributed by atoms with E-state index in [-0.39, 0.29) is 5.41 Å². The SMILES string of the molecule is CCNC(=NCC(C)(C)c1ccc2c(c1)OCCO2)NCCCCSC. The molecule has 1 aliphatic heterocycles. The molecule has 0 radical (unpaired) electrons. The lowest BCUT2D eigenvalue weighted by atomic mass is 9.84. The van der Waals surface area contributed by atoms with E-state index in [1.54, 1.807) is 0 Å². The number of fused-ring (bicyclic) bond motifs is 1. The Labute approximate surface area is 162 Å². The van der Waals surface area contributed by atoms with Crippen molar-refractivity contribution < 1.29 is 9.47 Å². The van der Waals surface area contributed by atoms with Crippen LogP contribution in [0.15, 0.2) is 23.2 Å². The highest BCUT2D eigenvalue weighted by Gasteiger charge is 2.23. The zero-order chi connectivity index (χ0) is 18.8. The van der Waals surface area contributed by atoms with Gasteiger partial charge in [-0.2, -0.15) is 11.8 Å². The second-order valence-electron chi connectivity index (χ2n) is 7.06. The van der Waals surface area contributed by atoms with Crippen LogP contribution < -0.4 is 20.1 Å². The van der Waals surface area contributed by atoms with E-state index in [1.165, 1.54) is 17.7 Å². The molecule has 0 saturated carbocycles. The zero-order valence-corrected chi connectivity index (χ0v) is 17.4. The van der Waals surface area contributed by atoms with Gasteiger partial charge in [-0.15, -0.1) is 0 Å². The molecule has 1 aromatic rings. The maximum absolute atomic E-state index is 5.72. The van der Waals surface area contributed by atoms with Gasteiger partial charge in [0.25, 0.3) is 0 Å². The van der Waals surface area contributed by atoms with Crippen LogP contribution in [0, 0.1) is 0 Å². The third-order valence-electron chi connectivity index (χ3n) is 4.37. The van der Waals surface area contributed by atoms with Crippen molar-refractivity contribution in [1.29, 1.82) is 0 Å². The molecule has 0 aromatic heterocycles. The Kier molecular flexibility index (Phi) is 8.42. The van der Waals surface area contributed by atoms with E-state index in [1.807, 2.05) is 17.8 Å². The maximum atomic E-state index is 5.72. The Hall–Kier alpha value is -1.56. The summed E-state index contributed by atoms with van der Waals surface area (Å²) in [4.78, 5) is 4.81. The van der Waals surface area contributed by atoms with E-state index >= 15 is 0 Å². The second kappa shape index (κ2) is 10.6. The molecule has 0 bridgehead atoms. The number of hydrogen-bond acceptors (Lipinski definition) is 4. The van der Waals surface area contributed by atoms with Crippen LogP contribution in [0.5, 0.6) is 11.5 Å². The number of thioether (sulfide) groups is 1. The van der Waals surface area contributed by atoms with Gasteiger partial charge in [-0.25, -0.2) is 0 Å². The van der Waals surface area contributed by atoms with Gasteiger partial charge in [-0.3, -0.25) is 4.99 Å². The first-order chi connectivity index (χ1) is 12.6. The van der Waals surface area contributed by atoms with Crippen LogP contribution in [0.25, 0.3) is 0 Å². The second-order valence-corrected chi connectivity index (χ2v) is 8.05. The third kappa shape index (κ3) is 6.31. The monoisotopic (exact) mass is 379 g/mol. The fraction of sp³-hybridized carbons (Fsp3) is 0.650. The normalized spacial score (nSPS) is 14.2. The summed E-state index contributed by atoms with van der Waals surface area (Å²) in [5.41, 5.74) is 1.12. The number of unbranched alkanes of at least 4 members (excludes halogenated alkanes) is 1. The topological polar surface area (TPSA) is 54.9 Å². The lowest BCUT2D eigenvalue weighted by molar-refractivity contribution is 0.171. The van der Waals surface area contributed by atoms with Crippen molar-refractivity contribution in [2.75, 3.05) is 44.9 Å². The van der Waals surface area contributed by atoms with Crippen LogP contribution in [0.3, 0.4) is 0 Å². The molecule has 6 heteroatoms. The highest BCUT2D eigenvalue weighted by Crippen LogP contribution is 2.35. The molecule has 1 aromatic carbocycles. The predicted octanol–water partition coefficient (Wildman–Crippen LogP) is 3.43. The van der Waals surface area contributed by atoms with Gasteiger partial charge in [-0.1, -0.05) is 19.9 Å². The minimum atomic E-state index is -0.0863. The summed E-state index contributed by atoms with van der Waals surface area (Å²) in [6, 6.07) is 6.21. The summed E-state index contributed by atoms with van der Waals surface area (Å²) in [5.74, 6) is 3.78. The minimum absolute atomic E-state index is 0.0863. The highest BCUT2D eigenvalue weighted by molar-refractivity contribution is 7.98. The van der Waals surface area contributed by atoms with Gasteiger partial charge in [0, 0.05) is 18.5 Å². The van der Waals surface area contributed by atoms with Crippen molar-refractivity contribution >= 4 is 17.7 Å². The van der Waals surface area contributed by atoms with Crippen LogP contribution in [0.4, 0.5) is 0 Å². The number of aliphatic imine (C=N–C) groups is 1. The van der Waals surface area contributed by atoms with E-state index in [9.17, 15) is 0 Å². The summed E-state index contributed by atoms with van der Waals surface area (Å²) in [7, 11) is 0. The standard InChI is InChI=1S/C20H33N3O2S/c1-5-21-19(22-10-6-7-13-26-4)23-15-20(2,3)16-8-9-17-18(14-16)25-12-11-24-17/h8-9,14H,5-7,10-13,15H2,1-4H3,(H2,21,22,23). The number of benzene rings is 1. The molecule has 0 spiro atoms. The molecule has 0 aliphatic carbocycles. The van der Waals surface area contributed by atoms with E-state index in [2.05, 4.69) is 49.8 Å². The van der Waals surface area contributed by atoms with E-state index < -0.39 is 0 Å². The number of rotatable bonds is 9. The Balaban J connectivity index is 1.97. The first-order valence-corrected chi connectivity index (χ1v) is 10.9. The molecular weight excluding hydrogens is 346 g/mol. The van der Waals surface area contributed by atoms with E-state index in [4.69, 9.17) is 14.5 Å². The molecule has 1 aliphatic rings. The van der Waals surface area contributed by atoms with Crippen molar-refractivity contribution in [2.24, 2.45) is 4.99 Å². The average molecular weight is 380 g/mol. The van der Waals surface area contributed by atoms with Gasteiger partial charge in [0.15, 0.2) is 17.5 Å². The summed E-state index contributed by atoms with van der Waals surface area (Å²) in [6.07, 6.45) is 4.55. The minimum Gasteiger partial charge on any atom is -0.486 e. The van der Waals surface area contributed by atoms with Crippen LogP contribution in [0.2, 0.25) is 0 Å². The largest absolute Gasteiger partial charge is 0.486 e. The molecule has 146 valence electrons. The molecule has 1 heterocycles. The molecule has 0 fully saturated rings. The Morgan fingerprint density at radius 2 is 1.92 bits per heavy atom. The summed E-state index contributed by atoms with van der Waals surface area (Å²) >= 11 is 1.90. The molecule has 2 rings (SSSR count). The van der Waals surface area contributed by atoms with Gasteiger partial charge in [0.1, 0.15) is 13.2 Å². The fourth-order valence-corrected chi connectivity index (χ4v) is 3.25. The molecule has 5 nitrogen and oxygen atoms in total.